The molecule has 3 N–H and O–H groups in total. The number of epoxide rings is 1. The highest BCUT2D eigenvalue weighted by molar-refractivity contribution is 5.76. The van der Waals surface area contributed by atoms with E-state index < -0.39 is 46.8 Å². The Kier molecular flexibility index (Phi) is 4.05. The number of aliphatic hydroxyl groups is 3. The molecule has 2 aliphatic heterocycles. The van der Waals surface area contributed by atoms with E-state index in [0.717, 1.165) is 12.8 Å². The quantitative estimate of drug-likeness (QED) is 0.306. The highest BCUT2D eigenvalue weighted by Gasteiger charge is 2.85. The van der Waals surface area contributed by atoms with Gasteiger partial charge >= 0.3 is 11.9 Å². The molecule has 2 saturated heterocycles. The van der Waals surface area contributed by atoms with Crippen LogP contribution >= 0.6 is 0 Å². The monoisotopic (exact) mass is 448 g/mol. The first-order valence-electron chi connectivity index (χ1n) is 11.8. The second-order valence-corrected chi connectivity index (χ2v) is 11.4. The van der Waals surface area contributed by atoms with E-state index in [1.807, 2.05) is 6.92 Å². The second kappa shape index (κ2) is 6.14. The van der Waals surface area contributed by atoms with Gasteiger partial charge in [-0.1, -0.05) is 19.9 Å². The number of aliphatic hydroxyl groups excluding tert-OH is 3. The predicted octanol–water partition coefficient (Wildman–Crippen LogP) is 0.858. The fraction of sp³-hybridized carbons (Fsp3) is 0.833. The number of rotatable bonds is 1. The van der Waals surface area contributed by atoms with Crippen LogP contribution in [-0.4, -0.2) is 70.0 Å². The molecule has 4 aliphatic carbocycles. The summed E-state index contributed by atoms with van der Waals surface area (Å²) in [5.74, 6) is -1.85. The molecule has 6 rings (SSSR count). The molecule has 0 aromatic rings. The second-order valence-electron chi connectivity index (χ2n) is 11.4. The first-order chi connectivity index (χ1) is 15.0. The molecule has 0 radical (unpaired) electrons. The van der Waals surface area contributed by atoms with Crippen LogP contribution in [0, 0.1) is 28.6 Å². The largest absolute Gasteiger partial charge is 0.469 e. The average molecular weight is 449 g/mol. The van der Waals surface area contributed by atoms with Crippen molar-refractivity contribution in [3.05, 3.63) is 11.6 Å². The number of carbonyl (C=O) groups is 2. The van der Waals surface area contributed by atoms with Crippen LogP contribution in [0.2, 0.25) is 0 Å². The van der Waals surface area contributed by atoms with Crippen molar-refractivity contribution in [3.63, 3.8) is 0 Å². The molecule has 2 heterocycles. The molecule has 0 bridgehead atoms. The maximum atomic E-state index is 13.1. The lowest BCUT2D eigenvalue weighted by atomic mass is 9.43. The van der Waals surface area contributed by atoms with Crippen LogP contribution in [0.25, 0.3) is 0 Å². The minimum Gasteiger partial charge on any atom is -0.469 e. The van der Waals surface area contributed by atoms with Crippen molar-refractivity contribution in [2.24, 2.45) is 28.6 Å². The van der Waals surface area contributed by atoms with Gasteiger partial charge in [0.1, 0.15) is 11.2 Å². The lowest BCUT2D eigenvalue weighted by Gasteiger charge is -2.60. The zero-order valence-electron chi connectivity index (χ0n) is 18.7. The molecular formula is C24H32O8. The molecule has 2 spiro atoms. The lowest BCUT2D eigenvalue weighted by Crippen LogP contribution is -2.67. The highest BCUT2D eigenvalue weighted by atomic mass is 16.6. The normalized spacial score (nSPS) is 57.6. The summed E-state index contributed by atoms with van der Waals surface area (Å²) in [6.07, 6.45) is 1.67. The number of ether oxygens (including phenoxy) is 3. The molecule has 8 nitrogen and oxygen atoms in total. The Balaban J connectivity index is 1.52. The first-order valence-corrected chi connectivity index (χ1v) is 11.8. The predicted molar refractivity (Wildman–Crippen MR) is 109 cm³/mol. The van der Waals surface area contributed by atoms with Crippen molar-refractivity contribution in [3.8, 4) is 0 Å². The van der Waals surface area contributed by atoms with Crippen LogP contribution in [0.3, 0.4) is 0 Å². The fourth-order valence-corrected chi connectivity index (χ4v) is 8.94. The van der Waals surface area contributed by atoms with E-state index in [4.69, 9.17) is 14.2 Å². The van der Waals surface area contributed by atoms with Crippen molar-refractivity contribution < 1.29 is 39.1 Å². The summed E-state index contributed by atoms with van der Waals surface area (Å²) >= 11 is 0. The van der Waals surface area contributed by atoms with Crippen molar-refractivity contribution in [2.75, 3.05) is 7.11 Å². The summed E-state index contributed by atoms with van der Waals surface area (Å²) in [6.45, 7) is 4.14. The first kappa shape index (κ1) is 21.1. The minimum atomic E-state index is -1.14. The van der Waals surface area contributed by atoms with Crippen LogP contribution in [0.4, 0.5) is 0 Å². The van der Waals surface area contributed by atoms with Crippen molar-refractivity contribution >= 4 is 11.9 Å². The summed E-state index contributed by atoms with van der Waals surface area (Å²) < 4.78 is 17.7. The van der Waals surface area contributed by atoms with Gasteiger partial charge in [-0.2, -0.15) is 0 Å². The number of hydrogen-bond acceptors (Lipinski definition) is 8. The van der Waals surface area contributed by atoms with Crippen LogP contribution in [0.5, 0.6) is 0 Å². The summed E-state index contributed by atoms with van der Waals surface area (Å²) in [6, 6.07) is 0. The van der Waals surface area contributed by atoms with E-state index in [1.165, 1.54) is 13.2 Å². The molecule has 0 amide bonds. The molecule has 3 saturated carbocycles. The molecule has 5 fully saturated rings. The number of carbonyl (C=O) groups excluding carboxylic acids is 2. The Morgan fingerprint density at radius 2 is 1.94 bits per heavy atom. The Labute approximate surface area is 186 Å². The van der Waals surface area contributed by atoms with E-state index in [-0.39, 0.29) is 35.7 Å². The van der Waals surface area contributed by atoms with Crippen LogP contribution in [0.15, 0.2) is 11.6 Å². The Morgan fingerprint density at radius 3 is 2.59 bits per heavy atom. The zero-order valence-corrected chi connectivity index (χ0v) is 18.7. The SMILES string of the molecule is COC(=O)C1C2C3CC[C@@]4(CCC(=O)O4)[C@@]3(C)C[C@H]3O[C@@]23[C@@]2(C)C[C@@H](O)[C@H](O)C=C2[C@@H]1O. The van der Waals surface area contributed by atoms with E-state index in [1.54, 1.807) is 0 Å². The number of esters is 2. The summed E-state index contributed by atoms with van der Waals surface area (Å²) in [7, 11) is 1.32. The van der Waals surface area contributed by atoms with Crippen LogP contribution in [0.1, 0.15) is 52.4 Å². The maximum Gasteiger partial charge on any atom is 0.312 e. The molecule has 176 valence electrons. The molecule has 0 aromatic heterocycles. The van der Waals surface area contributed by atoms with Gasteiger partial charge < -0.3 is 29.5 Å². The summed E-state index contributed by atoms with van der Waals surface area (Å²) in [5, 5.41) is 32.4. The lowest BCUT2D eigenvalue weighted by molar-refractivity contribution is -0.182. The van der Waals surface area contributed by atoms with E-state index in [9.17, 15) is 24.9 Å². The van der Waals surface area contributed by atoms with Gasteiger partial charge in [0.2, 0.25) is 0 Å². The van der Waals surface area contributed by atoms with Crippen molar-refractivity contribution in [1.29, 1.82) is 0 Å². The van der Waals surface area contributed by atoms with E-state index >= 15 is 0 Å². The molecule has 0 aromatic carbocycles. The third kappa shape index (κ3) is 2.14. The minimum absolute atomic E-state index is 0.00623. The van der Waals surface area contributed by atoms with Gasteiger partial charge in [-0.3, -0.25) is 9.59 Å². The highest BCUT2D eigenvalue weighted by Crippen LogP contribution is 2.78. The summed E-state index contributed by atoms with van der Waals surface area (Å²) in [4.78, 5) is 25.3. The van der Waals surface area contributed by atoms with Gasteiger partial charge in [-0.25, -0.2) is 0 Å². The van der Waals surface area contributed by atoms with Crippen molar-refractivity contribution in [1.82, 2.24) is 0 Å². The Morgan fingerprint density at radius 1 is 1.19 bits per heavy atom. The molecule has 32 heavy (non-hydrogen) atoms. The molecule has 6 aliphatic rings. The molecule has 3 unspecified atom stereocenters. The van der Waals surface area contributed by atoms with Gasteiger partial charge in [0.25, 0.3) is 0 Å². The van der Waals surface area contributed by atoms with Crippen LogP contribution in [-0.2, 0) is 23.8 Å². The van der Waals surface area contributed by atoms with E-state index in [2.05, 4.69) is 6.92 Å². The zero-order chi connectivity index (χ0) is 22.8. The Hall–Kier alpha value is -1.48. The standard InChI is InChI=1S/C24H32O8/c1-21-10-15-24(31-15)18(11(21)4-6-23(21)7-5-16(27)32-23)17(20(29)30-3)19(28)12-8-13(25)14(26)9-22(12,24)2/h8,11,13-15,17-19,25-26,28H,4-7,9-10H2,1-3H3/t11?,13-,14-,15-,17?,18?,19+,21+,22+,23-,24-/m1/s1. The topological polar surface area (TPSA) is 126 Å². The number of fused-ring (bicyclic) bond motifs is 4. The van der Waals surface area contributed by atoms with E-state index in [0.29, 0.717) is 24.8 Å². The maximum absolute atomic E-state index is 13.1. The van der Waals surface area contributed by atoms with Gasteiger partial charge in [-0.05, 0) is 43.6 Å². The Bertz CT molecular complexity index is 931. The number of hydrogen-bond donors (Lipinski definition) is 3. The van der Waals surface area contributed by atoms with Gasteiger partial charge in [0.05, 0.1) is 37.4 Å². The van der Waals surface area contributed by atoms with Crippen molar-refractivity contribution in [2.45, 2.75) is 88.0 Å². The third-order valence-corrected chi connectivity index (χ3v) is 10.4. The van der Waals surface area contributed by atoms with Crippen LogP contribution < -0.4 is 0 Å². The number of methoxy groups -OCH3 is 1. The molecular weight excluding hydrogens is 416 g/mol. The van der Waals surface area contributed by atoms with Gasteiger partial charge in [0, 0.05) is 23.2 Å². The van der Waals surface area contributed by atoms with Gasteiger partial charge in [-0.15, -0.1) is 0 Å². The third-order valence-electron chi connectivity index (χ3n) is 10.4. The summed E-state index contributed by atoms with van der Waals surface area (Å²) in [5.41, 5.74) is -1.80. The average Bonchev–Trinajstić information content (AvgIpc) is 3.24. The molecule has 11 atom stereocenters. The smallest absolute Gasteiger partial charge is 0.312 e. The molecule has 8 heteroatoms. The fourth-order valence-electron chi connectivity index (χ4n) is 8.94. The van der Waals surface area contributed by atoms with Gasteiger partial charge in [0.15, 0.2) is 0 Å².